The van der Waals surface area contributed by atoms with Gasteiger partial charge in [-0.25, -0.2) is 8.42 Å². The molecule has 1 atom stereocenters. The number of rotatable bonds is 9. The number of amides is 2. The second kappa shape index (κ2) is 12.1. The van der Waals surface area contributed by atoms with Crippen molar-refractivity contribution in [1.29, 1.82) is 0 Å². The Morgan fingerprint density at radius 2 is 1.67 bits per heavy atom. The number of benzene rings is 3. The number of anilines is 1. The van der Waals surface area contributed by atoms with E-state index in [1.807, 2.05) is 0 Å². The van der Waals surface area contributed by atoms with Gasteiger partial charge in [0.1, 0.15) is 25.8 Å². The molecule has 1 heterocycles. The van der Waals surface area contributed by atoms with Gasteiger partial charge in [0.15, 0.2) is 11.5 Å². The summed E-state index contributed by atoms with van der Waals surface area (Å²) in [5.74, 6) is -0.208. The number of ether oxygens (including phenoxy) is 2. The largest absolute Gasteiger partial charge is 0.486 e. The van der Waals surface area contributed by atoms with Gasteiger partial charge >= 0.3 is 0 Å². The van der Waals surface area contributed by atoms with Crippen LogP contribution in [0.25, 0.3) is 0 Å². The van der Waals surface area contributed by atoms with E-state index in [2.05, 4.69) is 5.32 Å². The first-order chi connectivity index (χ1) is 18.6. The minimum absolute atomic E-state index is 0.000616. The van der Waals surface area contributed by atoms with Crippen molar-refractivity contribution < 1.29 is 27.5 Å². The van der Waals surface area contributed by atoms with Gasteiger partial charge in [0.2, 0.25) is 11.8 Å². The Morgan fingerprint density at radius 3 is 2.33 bits per heavy atom. The minimum Gasteiger partial charge on any atom is -0.486 e. The number of sulfonamides is 1. The molecule has 206 valence electrons. The molecule has 9 nitrogen and oxygen atoms in total. The van der Waals surface area contributed by atoms with Crippen molar-refractivity contribution in [2.24, 2.45) is 0 Å². The molecule has 0 aromatic heterocycles. The van der Waals surface area contributed by atoms with E-state index in [0.717, 1.165) is 4.31 Å². The van der Waals surface area contributed by atoms with Crippen molar-refractivity contribution in [3.8, 4) is 11.5 Å². The number of hydrogen-bond acceptors (Lipinski definition) is 6. The topological polar surface area (TPSA) is 105 Å². The summed E-state index contributed by atoms with van der Waals surface area (Å²) in [6.45, 7) is 1.59. The molecule has 1 unspecified atom stereocenters. The molecule has 12 heteroatoms. The average molecular weight is 593 g/mol. The Hall–Kier alpha value is -3.47. The fourth-order valence-electron chi connectivity index (χ4n) is 4.06. The van der Waals surface area contributed by atoms with Gasteiger partial charge in [0, 0.05) is 29.7 Å². The van der Waals surface area contributed by atoms with Gasteiger partial charge in [-0.1, -0.05) is 47.5 Å². The van der Waals surface area contributed by atoms with Crippen molar-refractivity contribution >= 4 is 50.7 Å². The van der Waals surface area contributed by atoms with Crippen LogP contribution in [0.3, 0.4) is 0 Å². The Kier molecular flexibility index (Phi) is 8.89. The van der Waals surface area contributed by atoms with Crippen LogP contribution in [-0.2, 0) is 26.2 Å². The molecule has 0 radical (unpaired) electrons. The van der Waals surface area contributed by atoms with Crippen LogP contribution >= 0.6 is 23.2 Å². The average Bonchev–Trinajstić information content (AvgIpc) is 2.94. The molecule has 0 saturated heterocycles. The van der Waals surface area contributed by atoms with Crippen molar-refractivity contribution in [2.45, 2.75) is 24.4 Å². The first kappa shape index (κ1) is 28.5. The lowest BCUT2D eigenvalue weighted by Gasteiger charge is -2.32. The fourth-order valence-corrected chi connectivity index (χ4v) is 5.96. The van der Waals surface area contributed by atoms with E-state index in [9.17, 15) is 18.0 Å². The summed E-state index contributed by atoms with van der Waals surface area (Å²) in [6.07, 6.45) is 0. The maximum Gasteiger partial charge on any atom is 0.264 e. The number of hydrogen-bond donors (Lipinski definition) is 1. The number of halogens is 2. The Bertz CT molecular complexity index is 1470. The van der Waals surface area contributed by atoms with E-state index in [1.165, 1.54) is 36.2 Å². The van der Waals surface area contributed by atoms with E-state index in [-0.39, 0.29) is 17.1 Å². The third-order valence-corrected chi connectivity index (χ3v) is 8.57. The van der Waals surface area contributed by atoms with Gasteiger partial charge < -0.3 is 19.7 Å². The zero-order valence-electron chi connectivity index (χ0n) is 21.3. The summed E-state index contributed by atoms with van der Waals surface area (Å²) in [5, 5.41) is 3.26. The summed E-state index contributed by atoms with van der Waals surface area (Å²) in [4.78, 5) is 27.7. The van der Waals surface area contributed by atoms with Crippen molar-refractivity contribution in [1.82, 2.24) is 10.2 Å². The summed E-state index contributed by atoms with van der Waals surface area (Å²) in [6, 6.07) is 16.3. The number of carbonyl (C=O) groups excluding carboxylic acids is 2. The van der Waals surface area contributed by atoms with Crippen LogP contribution in [0.2, 0.25) is 10.0 Å². The van der Waals surface area contributed by atoms with Crippen LogP contribution in [0.1, 0.15) is 12.5 Å². The lowest BCUT2D eigenvalue weighted by Crippen LogP contribution is -2.50. The lowest BCUT2D eigenvalue weighted by molar-refractivity contribution is -0.139. The molecule has 0 saturated carbocycles. The van der Waals surface area contributed by atoms with Crippen molar-refractivity contribution in [3.63, 3.8) is 0 Å². The first-order valence-electron chi connectivity index (χ1n) is 12.0. The van der Waals surface area contributed by atoms with Crippen LogP contribution in [0.4, 0.5) is 5.69 Å². The second-order valence-electron chi connectivity index (χ2n) is 8.70. The SMILES string of the molecule is CNC(=O)C(C)N(Cc1ccc(Cl)cc1Cl)C(=O)CN(c1ccc2c(c1)OCCO2)S(=O)(=O)c1ccccc1. The standard InChI is InChI=1S/C27H27Cl2N3O6S/c1-18(27(34)30-2)31(16-19-8-9-20(28)14-23(19)29)26(33)17-32(39(35,36)22-6-4-3-5-7-22)21-10-11-24-25(15-21)38-13-12-37-24/h3-11,14-15,18H,12-13,16-17H2,1-2H3,(H,30,34). The molecular weight excluding hydrogens is 565 g/mol. The van der Waals surface area contributed by atoms with Gasteiger partial charge in [-0.3, -0.25) is 13.9 Å². The Labute approximate surface area is 237 Å². The van der Waals surface area contributed by atoms with E-state index < -0.39 is 34.4 Å². The van der Waals surface area contributed by atoms with Gasteiger partial charge in [-0.05, 0) is 48.9 Å². The Balaban J connectivity index is 1.75. The lowest BCUT2D eigenvalue weighted by atomic mass is 10.1. The van der Waals surface area contributed by atoms with E-state index in [0.29, 0.717) is 40.3 Å². The van der Waals surface area contributed by atoms with Crippen LogP contribution < -0.4 is 19.1 Å². The summed E-state index contributed by atoms with van der Waals surface area (Å²) in [5.41, 5.74) is 0.746. The molecule has 1 N–H and O–H groups in total. The summed E-state index contributed by atoms with van der Waals surface area (Å²) in [7, 11) is -2.75. The number of carbonyl (C=O) groups is 2. The van der Waals surface area contributed by atoms with Gasteiger partial charge in [-0.15, -0.1) is 0 Å². The zero-order chi connectivity index (χ0) is 28.2. The molecule has 2 amide bonds. The summed E-state index contributed by atoms with van der Waals surface area (Å²) >= 11 is 12.4. The van der Waals surface area contributed by atoms with E-state index in [1.54, 1.807) is 49.4 Å². The predicted molar refractivity (Wildman–Crippen MR) is 149 cm³/mol. The maximum atomic E-state index is 13.9. The normalized spacial score (nSPS) is 13.3. The monoisotopic (exact) mass is 591 g/mol. The maximum absolute atomic E-state index is 13.9. The number of likely N-dealkylation sites (N-methyl/N-ethyl adjacent to an activating group) is 1. The molecular formula is C27H27Cl2N3O6S. The van der Waals surface area contributed by atoms with Crippen molar-refractivity contribution in [3.05, 3.63) is 82.3 Å². The highest BCUT2D eigenvalue weighted by Gasteiger charge is 2.33. The second-order valence-corrected chi connectivity index (χ2v) is 11.4. The highest BCUT2D eigenvalue weighted by Crippen LogP contribution is 2.36. The highest BCUT2D eigenvalue weighted by atomic mass is 35.5. The van der Waals surface area contributed by atoms with Crippen LogP contribution in [0.5, 0.6) is 11.5 Å². The minimum atomic E-state index is -4.20. The molecule has 0 aliphatic carbocycles. The van der Waals surface area contributed by atoms with Crippen LogP contribution in [0.15, 0.2) is 71.6 Å². The molecule has 0 bridgehead atoms. The number of nitrogens with one attached hydrogen (secondary N) is 1. The van der Waals surface area contributed by atoms with E-state index in [4.69, 9.17) is 32.7 Å². The highest BCUT2D eigenvalue weighted by molar-refractivity contribution is 7.92. The summed E-state index contributed by atoms with van der Waals surface area (Å²) < 4.78 is 39.9. The van der Waals surface area contributed by atoms with Crippen LogP contribution in [0, 0.1) is 0 Å². The molecule has 0 spiro atoms. The van der Waals surface area contributed by atoms with Crippen LogP contribution in [-0.4, -0.2) is 58.0 Å². The molecule has 39 heavy (non-hydrogen) atoms. The quantitative estimate of drug-likeness (QED) is 0.401. The molecule has 4 rings (SSSR count). The van der Waals surface area contributed by atoms with E-state index >= 15 is 0 Å². The Morgan fingerprint density at radius 1 is 0.974 bits per heavy atom. The third kappa shape index (κ3) is 6.41. The third-order valence-electron chi connectivity index (χ3n) is 6.19. The number of nitrogens with zero attached hydrogens (tertiary/aromatic N) is 2. The number of fused-ring (bicyclic) bond motifs is 1. The van der Waals surface area contributed by atoms with Gasteiger partial charge in [-0.2, -0.15) is 0 Å². The fraction of sp³-hybridized carbons (Fsp3) is 0.259. The zero-order valence-corrected chi connectivity index (χ0v) is 23.6. The van der Waals surface area contributed by atoms with Gasteiger partial charge in [0.05, 0.1) is 10.6 Å². The first-order valence-corrected chi connectivity index (χ1v) is 14.2. The molecule has 3 aromatic carbocycles. The van der Waals surface area contributed by atoms with Crippen molar-refractivity contribution in [2.75, 3.05) is 31.1 Å². The van der Waals surface area contributed by atoms with Gasteiger partial charge in [0.25, 0.3) is 10.0 Å². The molecule has 0 fully saturated rings. The molecule has 1 aliphatic rings. The molecule has 1 aliphatic heterocycles. The smallest absolute Gasteiger partial charge is 0.264 e. The molecule has 3 aromatic rings. The predicted octanol–water partition coefficient (Wildman–Crippen LogP) is 4.12.